The van der Waals surface area contributed by atoms with Crippen LogP contribution in [-0.2, 0) is 0 Å². The van der Waals surface area contributed by atoms with E-state index in [4.69, 9.17) is 44.0 Å². The highest BCUT2D eigenvalue weighted by Crippen LogP contribution is 2.31. The third kappa shape index (κ3) is 4.18. The number of halogens is 3. The molecule has 32 heavy (non-hydrogen) atoms. The summed E-state index contributed by atoms with van der Waals surface area (Å²) in [4.78, 5) is 35.6. The van der Waals surface area contributed by atoms with Crippen molar-refractivity contribution in [2.45, 2.75) is 0 Å². The lowest BCUT2D eigenvalue weighted by atomic mass is 10.1. The van der Waals surface area contributed by atoms with E-state index in [1.54, 1.807) is 12.1 Å². The Labute approximate surface area is 194 Å². The van der Waals surface area contributed by atoms with E-state index < -0.39 is 16.6 Å². The van der Waals surface area contributed by atoms with E-state index >= 15 is 0 Å². The molecule has 7 nitrogen and oxygen atoms in total. The van der Waals surface area contributed by atoms with Crippen LogP contribution in [0.3, 0.4) is 0 Å². The zero-order chi connectivity index (χ0) is 23.0. The van der Waals surface area contributed by atoms with Gasteiger partial charge in [-0.15, -0.1) is 0 Å². The molecule has 0 radical (unpaired) electrons. The summed E-state index contributed by atoms with van der Waals surface area (Å²) < 4.78 is 10.8. The van der Waals surface area contributed by atoms with Crippen molar-refractivity contribution in [2.75, 3.05) is 0 Å². The second-order valence-electron chi connectivity index (χ2n) is 6.57. The Hall–Kier alpha value is -3.39. The summed E-state index contributed by atoms with van der Waals surface area (Å²) in [6.45, 7) is 0. The summed E-state index contributed by atoms with van der Waals surface area (Å²) in [5, 5.41) is 11.9. The van der Waals surface area contributed by atoms with E-state index in [0.717, 1.165) is 6.07 Å². The Morgan fingerprint density at radius 3 is 2.44 bits per heavy atom. The largest absolute Gasteiger partial charge is 0.463 e. The number of carbonyl (C=O) groups excluding carboxylic acids is 1. The van der Waals surface area contributed by atoms with Gasteiger partial charge in [0.05, 0.1) is 26.5 Å². The minimum Gasteiger partial charge on any atom is -0.463 e. The molecule has 4 rings (SSSR count). The fourth-order valence-electron chi connectivity index (χ4n) is 3.01. The minimum absolute atomic E-state index is 0.0598. The Bertz CT molecular complexity index is 1460. The summed E-state index contributed by atoms with van der Waals surface area (Å²) in [6.07, 6.45) is 1.26. The van der Waals surface area contributed by atoms with Gasteiger partial charge in [0, 0.05) is 22.7 Å². The van der Waals surface area contributed by atoms with E-state index in [2.05, 4.69) is 0 Å². The Balaban J connectivity index is 1.66. The first-order valence-electron chi connectivity index (χ1n) is 8.91. The van der Waals surface area contributed by atoms with Crippen LogP contribution in [0.25, 0.3) is 22.1 Å². The van der Waals surface area contributed by atoms with Crippen molar-refractivity contribution in [3.8, 4) is 16.9 Å². The quantitative estimate of drug-likeness (QED) is 0.139. The van der Waals surface area contributed by atoms with Crippen LogP contribution in [0.1, 0.15) is 10.4 Å². The number of nitrogens with zero attached hydrogens (tertiary/aromatic N) is 1. The molecule has 0 atom stereocenters. The molecule has 10 heteroatoms. The fraction of sp³-hybridized carbons (Fsp3) is 0. The molecule has 160 valence electrons. The lowest BCUT2D eigenvalue weighted by Gasteiger charge is -2.08. The first-order chi connectivity index (χ1) is 15.2. The second-order valence-corrected chi connectivity index (χ2v) is 7.82. The van der Waals surface area contributed by atoms with Crippen molar-refractivity contribution in [2.24, 2.45) is 0 Å². The van der Waals surface area contributed by atoms with E-state index in [1.165, 1.54) is 42.7 Å². The van der Waals surface area contributed by atoms with E-state index in [9.17, 15) is 19.7 Å². The van der Waals surface area contributed by atoms with Gasteiger partial charge in [-0.1, -0.05) is 40.9 Å². The van der Waals surface area contributed by atoms with Crippen LogP contribution in [0, 0.1) is 10.1 Å². The van der Waals surface area contributed by atoms with Gasteiger partial charge in [0.1, 0.15) is 22.6 Å². The SMILES string of the molecule is O=C(Oc1ccc2c(=O)c(-c3ccc(Cl)cc3Cl)coc2c1)c1ccc(Cl)c([N+](=O)[O-])c1. The second kappa shape index (κ2) is 8.63. The number of rotatable bonds is 4. The summed E-state index contributed by atoms with van der Waals surface area (Å²) in [5.41, 5.74) is 0.0798. The van der Waals surface area contributed by atoms with Gasteiger partial charge >= 0.3 is 5.97 Å². The third-order valence-electron chi connectivity index (χ3n) is 4.56. The molecule has 0 unspecified atom stereocenters. The Kier molecular flexibility index (Phi) is 5.88. The molecule has 0 amide bonds. The van der Waals surface area contributed by atoms with Crippen LogP contribution in [0.15, 0.2) is 70.1 Å². The molecular formula is C22H10Cl3NO6. The van der Waals surface area contributed by atoms with Gasteiger partial charge in [-0.05, 0) is 36.4 Å². The molecule has 0 aliphatic carbocycles. The standard InChI is InChI=1S/C22H10Cl3NO6/c23-12-2-4-14(18(25)8-12)16-10-31-20-9-13(3-5-15(20)21(16)27)32-22(28)11-1-6-17(24)19(7-11)26(29)30/h1-10H. The van der Waals surface area contributed by atoms with Gasteiger partial charge in [-0.3, -0.25) is 14.9 Å². The predicted octanol–water partition coefficient (Wildman–Crippen LogP) is 6.55. The highest BCUT2D eigenvalue weighted by molar-refractivity contribution is 6.36. The highest BCUT2D eigenvalue weighted by Gasteiger charge is 2.18. The molecular weight excluding hydrogens is 481 g/mol. The number of fused-ring (bicyclic) bond motifs is 1. The molecule has 4 aromatic rings. The summed E-state index contributed by atoms with van der Waals surface area (Å²) in [7, 11) is 0. The van der Waals surface area contributed by atoms with Gasteiger partial charge in [0.15, 0.2) is 0 Å². The number of nitro benzene ring substituents is 1. The van der Waals surface area contributed by atoms with E-state index in [0.29, 0.717) is 15.6 Å². The monoisotopic (exact) mass is 489 g/mol. The van der Waals surface area contributed by atoms with Gasteiger partial charge in [0.25, 0.3) is 5.69 Å². The number of hydrogen-bond donors (Lipinski definition) is 0. The van der Waals surface area contributed by atoms with Crippen LogP contribution in [0.5, 0.6) is 5.75 Å². The summed E-state index contributed by atoms with van der Waals surface area (Å²) >= 11 is 17.9. The number of ether oxygens (including phenoxy) is 1. The highest BCUT2D eigenvalue weighted by atomic mass is 35.5. The molecule has 1 heterocycles. The van der Waals surface area contributed by atoms with Gasteiger partial charge in [-0.2, -0.15) is 0 Å². The van der Waals surface area contributed by atoms with Crippen molar-refractivity contribution < 1.29 is 18.9 Å². The zero-order valence-electron chi connectivity index (χ0n) is 15.8. The predicted molar refractivity (Wildman–Crippen MR) is 121 cm³/mol. The maximum Gasteiger partial charge on any atom is 0.343 e. The zero-order valence-corrected chi connectivity index (χ0v) is 18.1. The van der Waals surface area contributed by atoms with Crippen LogP contribution in [0.4, 0.5) is 5.69 Å². The van der Waals surface area contributed by atoms with Crippen molar-refractivity contribution in [3.63, 3.8) is 0 Å². The Morgan fingerprint density at radius 1 is 0.938 bits per heavy atom. The molecule has 1 aromatic heterocycles. The molecule has 0 aliphatic heterocycles. The topological polar surface area (TPSA) is 99.7 Å². The van der Waals surface area contributed by atoms with Crippen LogP contribution < -0.4 is 10.2 Å². The molecule has 0 N–H and O–H groups in total. The normalized spacial score (nSPS) is 10.8. The molecule has 0 saturated carbocycles. The van der Waals surface area contributed by atoms with Crippen molar-refractivity contribution >= 4 is 57.4 Å². The molecule has 0 spiro atoms. The minimum atomic E-state index is -0.837. The Morgan fingerprint density at radius 2 is 1.72 bits per heavy atom. The molecule has 0 aliphatic rings. The number of hydrogen-bond acceptors (Lipinski definition) is 6. The average molecular weight is 491 g/mol. The third-order valence-corrected chi connectivity index (χ3v) is 5.42. The van der Waals surface area contributed by atoms with Crippen molar-refractivity contribution in [1.82, 2.24) is 0 Å². The van der Waals surface area contributed by atoms with Crippen LogP contribution in [0.2, 0.25) is 15.1 Å². The van der Waals surface area contributed by atoms with E-state index in [1.807, 2.05) is 0 Å². The smallest absolute Gasteiger partial charge is 0.343 e. The van der Waals surface area contributed by atoms with Crippen molar-refractivity contribution in [1.29, 1.82) is 0 Å². The lowest BCUT2D eigenvalue weighted by molar-refractivity contribution is -0.384. The molecule has 0 bridgehead atoms. The molecule has 0 fully saturated rings. The number of esters is 1. The van der Waals surface area contributed by atoms with Crippen LogP contribution >= 0.6 is 34.8 Å². The van der Waals surface area contributed by atoms with E-state index in [-0.39, 0.29) is 38.3 Å². The lowest BCUT2D eigenvalue weighted by Crippen LogP contribution is -2.10. The summed E-state index contributed by atoms with van der Waals surface area (Å²) in [5.74, 6) is -0.753. The number of carbonyl (C=O) groups is 1. The molecule has 0 saturated heterocycles. The fourth-order valence-corrected chi connectivity index (χ4v) is 3.71. The van der Waals surface area contributed by atoms with Crippen LogP contribution in [-0.4, -0.2) is 10.9 Å². The summed E-state index contributed by atoms with van der Waals surface area (Å²) in [6, 6.07) is 12.5. The first kappa shape index (κ1) is 21.8. The van der Waals surface area contributed by atoms with Crippen molar-refractivity contribution in [3.05, 3.63) is 102 Å². The molecule has 3 aromatic carbocycles. The van der Waals surface area contributed by atoms with Gasteiger partial charge < -0.3 is 9.15 Å². The maximum absolute atomic E-state index is 12.9. The number of nitro groups is 1. The number of benzene rings is 3. The maximum atomic E-state index is 12.9. The average Bonchev–Trinajstić information content (AvgIpc) is 2.74. The van der Waals surface area contributed by atoms with Gasteiger partial charge in [-0.25, -0.2) is 4.79 Å². The first-order valence-corrected chi connectivity index (χ1v) is 10.0. The van der Waals surface area contributed by atoms with Gasteiger partial charge in [0.2, 0.25) is 5.43 Å².